The summed E-state index contributed by atoms with van der Waals surface area (Å²) in [6, 6.07) is 10.4. The predicted molar refractivity (Wildman–Crippen MR) is 154 cm³/mol. The summed E-state index contributed by atoms with van der Waals surface area (Å²) in [5.74, 6) is -1.55. The molecule has 0 bridgehead atoms. The molecule has 0 atom stereocenters. The quantitative estimate of drug-likeness (QED) is 0.214. The first-order valence-corrected chi connectivity index (χ1v) is 17.1. The second-order valence-electron chi connectivity index (χ2n) is 8.77. The molecule has 1 aromatic heterocycles. The highest BCUT2D eigenvalue weighted by Gasteiger charge is 2.29. The number of thioether (sulfide) groups is 1. The molecule has 8 nitrogen and oxygen atoms in total. The molecule has 2 aromatic carbocycles. The summed E-state index contributed by atoms with van der Waals surface area (Å²) in [6.45, 7) is 1.93. The summed E-state index contributed by atoms with van der Waals surface area (Å²) < 4.78 is 83.4. The second-order valence-corrected chi connectivity index (χ2v) is 14.8. The molecule has 0 aliphatic carbocycles. The molecule has 3 aromatic rings. The van der Waals surface area contributed by atoms with E-state index in [0.29, 0.717) is 20.6 Å². The van der Waals surface area contributed by atoms with Gasteiger partial charge in [0.15, 0.2) is 6.54 Å². The summed E-state index contributed by atoms with van der Waals surface area (Å²) >= 11 is 14.9. The van der Waals surface area contributed by atoms with Gasteiger partial charge in [-0.2, -0.15) is 17.4 Å². The number of rotatable bonds is 10. The van der Waals surface area contributed by atoms with Crippen molar-refractivity contribution in [2.45, 2.75) is 31.2 Å². The minimum atomic E-state index is -4.43. The maximum absolute atomic E-state index is 16.0. The zero-order chi connectivity index (χ0) is 28.5. The van der Waals surface area contributed by atoms with Crippen LogP contribution in [0.3, 0.4) is 0 Å². The van der Waals surface area contributed by atoms with Crippen molar-refractivity contribution in [1.29, 1.82) is 0 Å². The summed E-state index contributed by atoms with van der Waals surface area (Å²) in [6.07, 6.45) is 1.78. The van der Waals surface area contributed by atoms with Crippen LogP contribution in [0.2, 0.25) is 10.0 Å². The van der Waals surface area contributed by atoms with Crippen molar-refractivity contribution in [3.05, 3.63) is 68.1 Å². The Morgan fingerprint density at radius 2 is 1.79 bits per heavy atom. The zero-order valence-electron chi connectivity index (χ0n) is 20.4. The molecule has 0 unspecified atom stereocenters. The van der Waals surface area contributed by atoms with Gasteiger partial charge in [-0.3, -0.25) is 4.55 Å². The second kappa shape index (κ2) is 12.0. The number of halogens is 3. The van der Waals surface area contributed by atoms with E-state index in [9.17, 15) is 21.4 Å². The number of nitrogens with zero attached hydrogens (tertiary/aromatic N) is 2. The van der Waals surface area contributed by atoms with Crippen LogP contribution in [0.4, 0.5) is 10.1 Å². The fourth-order valence-electron chi connectivity index (χ4n) is 4.08. The highest BCUT2D eigenvalue weighted by Crippen LogP contribution is 2.47. The summed E-state index contributed by atoms with van der Waals surface area (Å²) in [4.78, 5) is 2.68. The van der Waals surface area contributed by atoms with Gasteiger partial charge >= 0.3 is 0 Å². The molecule has 0 amide bonds. The SMILES string of the molecule is CC(/C=C1/Sc2ccc(Cl)cc2N1CCCS(=O)(=O)O)=C(/F)c1sc2ccc(Cl)cc2[n+]1CCCS(=O)(=O)[O-]. The third kappa shape index (κ3) is 7.73. The Bertz CT molecular complexity index is 1700. The van der Waals surface area contributed by atoms with E-state index < -0.39 is 37.6 Å². The van der Waals surface area contributed by atoms with Crippen molar-refractivity contribution in [2.24, 2.45) is 0 Å². The number of anilines is 1. The van der Waals surface area contributed by atoms with Crippen molar-refractivity contribution in [3.63, 3.8) is 0 Å². The first kappa shape index (κ1) is 30.3. The largest absolute Gasteiger partial charge is 0.748 e. The number of hydrogen-bond acceptors (Lipinski definition) is 8. The van der Waals surface area contributed by atoms with E-state index in [1.165, 1.54) is 23.1 Å². The smallest absolute Gasteiger partial charge is 0.299 e. The summed E-state index contributed by atoms with van der Waals surface area (Å²) in [5, 5.41) is 1.80. The van der Waals surface area contributed by atoms with Gasteiger partial charge in [0, 0.05) is 39.7 Å². The first-order chi connectivity index (χ1) is 18.2. The fraction of sp³-hybridized carbons (Fsp3) is 0.292. The van der Waals surface area contributed by atoms with Crippen LogP contribution in [-0.4, -0.2) is 44.0 Å². The van der Waals surface area contributed by atoms with E-state index >= 15 is 4.39 Å². The van der Waals surface area contributed by atoms with Crippen LogP contribution in [-0.2, 0) is 26.8 Å². The average Bonchev–Trinajstić information content (AvgIpc) is 3.34. The summed E-state index contributed by atoms with van der Waals surface area (Å²) in [7, 11) is -8.57. The molecule has 1 aliphatic rings. The Labute approximate surface area is 244 Å². The Morgan fingerprint density at radius 1 is 1.10 bits per heavy atom. The maximum atomic E-state index is 16.0. The lowest BCUT2D eigenvalue weighted by atomic mass is 10.2. The molecule has 1 aliphatic heterocycles. The lowest BCUT2D eigenvalue weighted by molar-refractivity contribution is -0.669. The fourth-order valence-corrected chi connectivity index (χ4v) is 7.72. The van der Waals surface area contributed by atoms with E-state index in [-0.39, 0.29) is 36.5 Å². The normalized spacial score (nSPS) is 15.7. The Hall–Kier alpha value is -1.71. The van der Waals surface area contributed by atoms with E-state index in [4.69, 9.17) is 27.8 Å². The lowest BCUT2D eigenvalue weighted by Crippen LogP contribution is -2.36. The topological polar surface area (TPSA) is 119 Å². The highest BCUT2D eigenvalue weighted by atomic mass is 35.5. The molecule has 15 heteroatoms. The van der Waals surface area contributed by atoms with Gasteiger partial charge in [0.05, 0.1) is 26.6 Å². The van der Waals surface area contributed by atoms with Gasteiger partial charge < -0.3 is 9.45 Å². The molecule has 0 radical (unpaired) electrons. The van der Waals surface area contributed by atoms with E-state index in [2.05, 4.69) is 0 Å². The molecule has 0 spiro atoms. The molecular formula is C24H23Cl2FN2O6S4. The standard InChI is InChI=1S/C24H23Cl2FN2O6S4/c1-15(12-22-28(8-2-10-38(30,31)32)18-13-16(25)4-6-20(18)36-22)23(27)24-29(9-3-11-39(33,34)35)19-14-17(26)5-7-21(19)37-24/h4-7,12-14H,2-3,8-11H2,1H3,(H-,30,31,32,33,34,35). The Morgan fingerprint density at radius 3 is 2.49 bits per heavy atom. The molecule has 0 saturated heterocycles. The third-order valence-corrected chi connectivity index (χ3v) is 10.1. The molecule has 210 valence electrons. The van der Waals surface area contributed by atoms with Gasteiger partial charge in [0.1, 0.15) is 4.70 Å². The highest BCUT2D eigenvalue weighted by molar-refractivity contribution is 8.03. The van der Waals surface area contributed by atoms with Gasteiger partial charge in [0.2, 0.25) is 11.3 Å². The Balaban J connectivity index is 1.72. The van der Waals surface area contributed by atoms with Gasteiger partial charge in [-0.1, -0.05) is 46.3 Å². The van der Waals surface area contributed by atoms with Gasteiger partial charge in [0.25, 0.3) is 15.1 Å². The van der Waals surface area contributed by atoms with Crippen LogP contribution in [0.15, 0.2) is 58.0 Å². The number of aryl methyl sites for hydroxylation is 1. The van der Waals surface area contributed by atoms with Crippen LogP contribution in [0, 0.1) is 0 Å². The van der Waals surface area contributed by atoms with Crippen LogP contribution < -0.4 is 9.47 Å². The number of thiazole rings is 1. The third-order valence-electron chi connectivity index (χ3n) is 5.79. The minimum absolute atomic E-state index is 0.00271. The van der Waals surface area contributed by atoms with Crippen LogP contribution in [0.25, 0.3) is 16.0 Å². The van der Waals surface area contributed by atoms with E-state index in [1.807, 2.05) is 11.0 Å². The Kier molecular flexibility index (Phi) is 9.33. The van der Waals surface area contributed by atoms with E-state index in [1.54, 1.807) is 47.9 Å². The molecule has 2 heterocycles. The van der Waals surface area contributed by atoms with Gasteiger partial charge in [-0.15, -0.1) is 0 Å². The van der Waals surface area contributed by atoms with Crippen molar-refractivity contribution >= 4 is 88.3 Å². The average molecular weight is 654 g/mol. The van der Waals surface area contributed by atoms with Crippen molar-refractivity contribution < 1.29 is 34.9 Å². The number of aromatic nitrogens is 1. The first-order valence-electron chi connectivity index (χ1n) is 11.6. The van der Waals surface area contributed by atoms with Crippen LogP contribution >= 0.6 is 46.3 Å². The molecule has 1 N–H and O–H groups in total. The van der Waals surface area contributed by atoms with Crippen molar-refractivity contribution in [3.8, 4) is 0 Å². The minimum Gasteiger partial charge on any atom is -0.748 e. The number of benzene rings is 2. The maximum Gasteiger partial charge on any atom is 0.299 e. The predicted octanol–water partition coefficient (Wildman–Crippen LogP) is 5.86. The number of hydrogen-bond donors (Lipinski definition) is 1. The lowest BCUT2D eigenvalue weighted by Gasteiger charge is -2.20. The summed E-state index contributed by atoms with van der Waals surface area (Å²) in [5.41, 5.74) is 1.64. The molecule has 0 fully saturated rings. The number of allylic oxidation sites excluding steroid dienone is 2. The zero-order valence-corrected chi connectivity index (χ0v) is 25.2. The van der Waals surface area contributed by atoms with Crippen LogP contribution in [0.1, 0.15) is 24.8 Å². The molecule has 39 heavy (non-hydrogen) atoms. The molecule has 4 rings (SSSR count). The van der Waals surface area contributed by atoms with Crippen molar-refractivity contribution in [1.82, 2.24) is 0 Å². The van der Waals surface area contributed by atoms with Gasteiger partial charge in [-0.05, 0) is 55.3 Å². The van der Waals surface area contributed by atoms with E-state index in [0.717, 1.165) is 15.3 Å². The number of fused-ring (bicyclic) bond motifs is 2. The van der Waals surface area contributed by atoms with Gasteiger partial charge in [-0.25, -0.2) is 8.42 Å². The van der Waals surface area contributed by atoms with Crippen molar-refractivity contribution in [2.75, 3.05) is 23.0 Å². The monoisotopic (exact) mass is 652 g/mol. The molecule has 0 saturated carbocycles. The van der Waals surface area contributed by atoms with Crippen LogP contribution in [0.5, 0.6) is 0 Å². The molecular weight excluding hydrogens is 630 g/mol.